The maximum Gasteiger partial charge on any atom is 0.243 e. The van der Waals surface area contributed by atoms with E-state index in [0.29, 0.717) is 18.6 Å². The van der Waals surface area contributed by atoms with Gasteiger partial charge in [0.2, 0.25) is 15.9 Å². The summed E-state index contributed by atoms with van der Waals surface area (Å²) in [6.45, 7) is -0.0779. The number of hydrogen-bond donors (Lipinski definition) is 2. The summed E-state index contributed by atoms with van der Waals surface area (Å²) in [4.78, 5) is 12.5. The molecule has 1 N–H and O–H groups in total. The van der Waals surface area contributed by atoms with E-state index in [0.717, 1.165) is 10.8 Å². The van der Waals surface area contributed by atoms with Crippen LogP contribution < -0.4 is 5.32 Å². The van der Waals surface area contributed by atoms with Crippen LogP contribution in [0.25, 0.3) is 10.8 Å². The highest BCUT2D eigenvalue weighted by Crippen LogP contribution is 2.32. The van der Waals surface area contributed by atoms with Crippen molar-refractivity contribution in [3.8, 4) is 0 Å². The summed E-state index contributed by atoms with van der Waals surface area (Å²) in [5, 5.41) is 4.05. The van der Waals surface area contributed by atoms with Crippen molar-refractivity contribution in [2.75, 3.05) is 6.54 Å². The Morgan fingerprint density at radius 2 is 1.71 bits per heavy atom. The summed E-state index contributed by atoms with van der Waals surface area (Å²) in [7, 11) is -3.80. The molecule has 0 saturated carbocycles. The number of carbonyl (C=O) groups excluding carboxylic acids is 1. The highest BCUT2D eigenvalue weighted by molar-refractivity contribution is 7.89. The molecule has 3 aromatic rings. The minimum absolute atomic E-state index is 0.0137. The predicted octanol–water partition coefficient (Wildman–Crippen LogP) is 4.42. The van der Waals surface area contributed by atoms with Gasteiger partial charge in [-0.1, -0.05) is 30.3 Å². The molecule has 0 aliphatic carbocycles. The Balaban J connectivity index is 1.42. The summed E-state index contributed by atoms with van der Waals surface area (Å²) in [6, 6.07) is 13.1. The molecule has 4 rings (SSSR count). The fraction of sp³-hybridized carbons (Fsp3) is 0.292. The molecule has 1 aliphatic heterocycles. The van der Waals surface area contributed by atoms with E-state index < -0.39 is 39.4 Å². The van der Waals surface area contributed by atoms with Crippen LogP contribution in [0, 0.1) is 17.5 Å². The van der Waals surface area contributed by atoms with Crippen molar-refractivity contribution < 1.29 is 26.4 Å². The van der Waals surface area contributed by atoms with Crippen LogP contribution >= 0.6 is 12.6 Å². The molecule has 10 heteroatoms. The van der Waals surface area contributed by atoms with Crippen molar-refractivity contribution in [3.63, 3.8) is 0 Å². The average molecular weight is 509 g/mol. The first-order valence-electron chi connectivity index (χ1n) is 10.7. The minimum Gasteiger partial charge on any atom is -0.352 e. The smallest absolute Gasteiger partial charge is 0.243 e. The second-order valence-electron chi connectivity index (χ2n) is 8.30. The Labute approximate surface area is 201 Å². The standard InChI is InChI=1S/C24H23F3N2O3S2/c25-21-12-23(27)22(26)10-17(21)13-28-24(30)8-6-18-11-19(33)14-29(18)34(31,32)20-7-5-15-3-1-2-4-16(15)9-20/h1-5,7,9-10,12,18-19,33H,6,8,11,13-14H2,(H,28,30)/t18-,19-/m1/s1. The highest BCUT2D eigenvalue weighted by Gasteiger charge is 2.39. The largest absolute Gasteiger partial charge is 0.352 e. The quantitative estimate of drug-likeness (QED) is 0.367. The summed E-state index contributed by atoms with van der Waals surface area (Å²) < 4.78 is 68.3. The summed E-state index contributed by atoms with van der Waals surface area (Å²) >= 11 is 4.46. The molecule has 0 bridgehead atoms. The van der Waals surface area contributed by atoms with Gasteiger partial charge in [0.15, 0.2) is 11.6 Å². The SMILES string of the molecule is O=C(CC[C@@H]1C[C@@H](S)CN1S(=O)(=O)c1ccc2ccccc2c1)NCc1cc(F)c(F)cc1F. The number of hydrogen-bond acceptors (Lipinski definition) is 4. The third-order valence-electron chi connectivity index (χ3n) is 5.94. The van der Waals surface area contributed by atoms with E-state index in [9.17, 15) is 26.4 Å². The maximum absolute atomic E-state index is 13.8. The molecular weight excluding hydrogens is 485 g/mol. The van der Waals surface area contributed by atoms with Crippen LogP contribution in [-0.4, -0.2) is 36.5 Å². The molecule has 0 radical (unpaired) electrons. The van der Waals surface area contributed by atoms with E-state index in [1.54, 1.807) is 18.2 Å². The van der Waals surface area contributed by atoms with E-state index in [2.05, 4.69) is 17.9 Å². The minimum atomic E-state index is -3.80. The van der Waals surface area contributed by atoms with Gasteiger partial charge in [0, 0.05) is 42.4 Å². The molecule has 180 valence electrons. The number of amides is 1. The molecule has 5 nitrogen and oxygen atoms in total. The number of fused-ring (bicyclic) bond motifs is 1. The van der Waals surface area contributed by atoms with E-state index in [1.807, 2.05) is 24.3 Å². The summed E-state index contributed by atoms with van der Waals surface area (Å²) in [6.07, 6.45) is 0.719. The van der Waals surface area contributed by atoms with Gasteiger partial charge in [-0.05, 0) is 41.8 Å². The molecule has 3 aromatic carbocycles. The zero-order valence-corrected chi connectivity index (χ0v) is 19.8. The molecule has 0 aromatic heterocycles. The van der Waals surface area contributed by atoms with Crippen molar-refractivity contribution in [1.29, 1.82) is 0 Å². The van der Waals surface area contributed by atoms with Crippen molar-refractivity contribution in [2.24, 2.45) is 0 Å². The molecule has 1 amide bonds. The van der Waals surface area contributed by atoms with Crippen LogP contribution in [0.5, 0.6) is 0 Å². The van der Waals surface area contributed by atoms with Gasteiger partial charge in [0.05, 0.1) is 4.90 Å². The lowest BCUT2D eigenvalue weighted by Gasteiger charge is -2.24. The Hall–Kier alpha value is -2.56. The van der Waals surface area contributed by atoms with E-state index in [-0.39, 0.29) is 41.6 Å². The monoisotopic (exact) mass is 508 g/mol. The topological polar surface area (TPSA) is 66.5 Å². The number of benzene rings is 3. The van der Waals surface area contributed by atoms with E-state index >= 15 is 0 Å². The zero-order chi connectivity index (χ0) is 24.5. The second kappa shape index (κ2) is 9.97. The fourth-order valence-corrected chi connectivity index (χ4v) is 6.44. The van der Waals surface area contributed by atoms with Gasteiger partial charge in [0.1, 0.15) is 5.82 Å². The number of rotatable bonds is 7. The van der Waals surface area contributed by atoms with E-state index in [1.165, 1.54) is 4.31 Å². The third kappa shape index (κ3) is 5.24. The zero-order valence-electron chi connectivity index (χ0n) is 18.0. The number of carbonyl (C=O) groups is 1. The molecule has 1 heterocycles. The summed E-state index contributed by atoms with van der Waals surface area (Å²) in [5.41, 5.74) is -0.177. The van der Waals surface area contributed by atoms with Gasteiger partial charge in [-0.3, -0.25) is 4.79 Å². The molecule has 1 saturated heterocycles. The maximum atomic E-state index is 13.8. The normalized spacial score (nSPS) is 18.9. The average Bonchev–Trinajstić information content (AvgIpc) is 3.20. The second-order valence-corrected chi connectivity index (χ2v) is 10.9. The van der Waals surface area contributed by atoms with Crippen molar-refractivity contribution in [3.05, 3.63) is 77.6 Å². The van der Waals surface area contributed by atoms with E-state index in [4.69, 9.17) is 0 Å². The van der Waals surface area contributed by atoms with Gasteiger partial charge in [-0.2, -0.15) is 16.9 Å². The Kier molecular flexibility index (Phi) is 7.20. The first-order valence-corrected chi connectivity index (χ1v) is 12.7. The number of sulfonamides is 1. The van der Waals surface area contributed by atoms with Crippen LogP contribution in [0.3, 0.4) is 0 Å². The van der Waals surface area contributed by atoms with Gasteiger partial charge in [-0.15, -0.1) is 0 Å². The number of nitrogens with one attached hydrogen (secondary N) is 1. The van der Waals surface area contributed by atoms with Gasteiger partial charge in [0.25, 0.3) is 0 Å². The van der Waals surface area contributed by atoms with Crippen molar-refractivity contribution in [1.82, 2.24) is 9.62 Å². The Bertz CT molecular complexity index is 1330. The van der Waals surface area contributed by atoms with Crippen LogP contribution in [-0.2, 0) is 21.4 Å². The Morgan fingerprint density at radius 3 is 2.47 bits per heavy atom. The molecule has 1 fully saturated rings. The van der Waals surface area contributed by atoms with Gasteiger partial charge in [-0.25, -0.2) is 21.6 Å². The summed E-state index contributed by atoms with van der Waals surface area (Å²) in [5.74, 6) is -3.91. The van der Waals surface area contributed by atoms with Crippen molar-refractivity contribution >= 4 is 39.3 Å². The molecule has 0 spiro atoms. The fourth-order valence-electron chi connectivity index (χ4n) is 4.16. The number of thiol groups is 1. The van der Waals surface area contributed by atoms with Crippen LogP contribution in [0.4, 0.5) is 13.2 Å². The Morgan fingerprint density at radius 1 is 1.00 bits per heavy atom. The third-order valence-corrected chi connectivity index (χ3v) is 8.23. The lowest BCUT2D eigenvalue weighted by molar-refractivity contribution is -0.121. The lowest BCUT2D eigenvalue weighted by atomic mass is 10.1. The molecule has 0 unspecified atom stereocenters. The highest BCUT2D eigenvalue weighted by atomic mass is 32.2. The molecule has 2 atom stereocenters. The predicted molar refractivity (Wildman–Crippen MR) is 126 cm³/mol. The lowest BCUT2D eigenvalue weighted by Crippen LogP contribution is -2.36. The molecule has 34 heavy (non-hydrogen) atoms. The van der Waals surface area contributed by atoms with Crippen LogP contribution in [0.1, 0.15) is 24.8 Å². The van der Waals surface area contributed by atoms with Crippen LogP contribution in [0.2, 0.25) is 0 Å². The number of nitrogens with zero attached hydrogens (tertiary/aromatic N) is 1. The molecular formula is C24H23F3N2O3S2. The van der Waals surface area contributed by atoms with Crippen LogP contribution in [0.15, 0.2) is 59.5 Å². The first kappa shape index (κ1) is 24.6. The van der Waals surface area contributed by atoms with Gasteiger partial charge >= 0.3 is 0 Å². The first-order chi connectivity index (χ1) is 16.1. The molecule has 1 aliphatic rings. The van der Waals surface area contributed by atoms with Gasteiger partial charge < -0.3 is 5.32 Å². The van der Waals surface area contributed by atoms with Crippen molar-refractivity contribution in [2.45, 2.75) is 42.0 Å². The number of halogens is 3.